The number of nitrogens with two attached hydrogens (primary N) is 1. The van der Waals surface area contributed by atoms with Crippen LogP contribution in [0.25, 0.3) is 12.2 Å². The first-order valence-electron chi connectivity index (χ1n) is 7.87. The van der Waals surface area contributed by atoms with Crippen LogP contribution in [-0.2, 0) is 6.42 Å². The average Bonchev–Trinajstić information content (AvgIpc) is 3.25. The lowest BCUT2D eigenvalue weighted by Gasteiger charge is -2.26. The molecule has 0 amide bonds. The molecular formula is C19H25N. The van der Waals surface area contributed by atoms with E-state index in [0.717, 1.165) is 5.70 Å². The summed E-state index contributed by atoms with van der Waals surface area (Å²) < 4.78 is 0. The SMILES string of the molecule is C=Cc1c(/C=C(\N)C2CC2)c(C)cc2c1CCCC2C. The largest absolute Gasteiger partial charge is 0.402 e. The molecule has 2 aliphatic rings. The molecule has 3 rings (SSSR count). The average molecular weight is 267 g/mol. The van der Waals surface area contributed by atoms with Crippen LogP contribution in [0.3, 0.4) is 0 Å². The second kappa shape index (κ2) is 5.12. The highest BCUT2D eigenvalue weighted by atomic mass is 14.6. The van der Waals surface area contributed by atoms with E-state index in [4.69, 9.17) is 5.73 Å². The van der Waals surface area contributed by atoms with Crippen LogP contribution in [0.5, 0.6) is 0 Å². The number of aryl methyl sites for hydroxylation is 1. The van der Waals surface area contributed by atoms with Gasteiger partial charge in [-0.3, -0.25) is 0 Å². The van der Waals surface area contributed by atoms with Gasteiger partial charge in [0.05, 0.1) is 0 Å². The summed E-state index contributed by atoms with van der Waals surface area (Å²) >= 11 is 0. The van der Waals surface area contributed by atoms with Crippen LogP contribution in [-0.4, -0.2) is 0 Å². The lowest BCUT2D eigenvalue weighted by Crippen LogP contribution is -2.11. The van der Waals surface area contributed by atoms with Crippen molar-refractivity contribution in [1.82, 2.24) is 0 Å². The molecule has 2 N–H and O–H groups in total. The molecule has 0 saturated heterocycles. The van der Waals surface area contributed by atoms with E-state index in [-0.39, 0.29) is 0 Å². The summed E-state index contributed by atoms with van der Waals surface area (Å²) in [4.78, 5) is 0. The Morgan fingerprint density at radius 1 is 1.30 bits per heavy atom. The highest BCUT2D eigenvalue weighted by Gasteiger charge is 2.25. The van der Waals surface area contributed by atoms with Crippen molar-refractivity contribution in [3.8, 4) is 0 Å². The number of benzene rings is 1. The van der Waals surface area contributed by atoms with E-state index in [1.165, 1.54) is 59.9 Å². The van der Waals surface area contributed by atoms with E-state index >= 15 is 0 Å². The summed E-state index contributed by atoms with van der Waals surface area (Å²) in [5, 5.41) is 0. The maximum Gasteiger partial charge on any atom is 0.0118 e. The van der Waals surface area contributed by atoms with E-state index in [1.807, 2.05) is 6.08 Å². The van der Waals surface area contributed by atoms with Crippen LogP contribution in [0.15, 0.2) is 18.3 Å². The van der Waals surface area contributed by atoms with Gasteiger partial charge in [0.15, 0.2) is 0 Å². The fourth-order valence-electron chi connectivity index (χ4n) is 3.51. The quantitative estimate of drug-likeness (QED) is 0.837. The van der Waals surface area contributed by atoms with E-state index in [2.05, 4.69) is 32.6 Å². The second-order valence-corrected chi connectivity index (χ2v) is 6.50. The molecule has 1 aromatic rings. The van der Waals surface area contributed by atoms with E-state index in [9.17, 15) is 0 Å². The minimum atomic E-state index is 0.627. The molecule has 0 bridgehead atoms. The number of allylic oxidation sites excluding steroid dienone is 1. The predicted octanol–water partition coefficient (Wildman–Crippen LogP) is 4.79. The molecule has 0 aliphatic heterocycles. The Morgan fingerprint density at radius 3 is 2.70 bits per heavy atom. The summed E-state index contributed by atoms with van der Waals surface area (Å²) in [6, 6.07) is 2.39. The Morgan fingerprint density at radius 2 is 2.05 bits per heavy atom. The maximum absolute atomic E-state index is 6.23. The highest BCUT2D eigenvalue weighted by molar-refractivity contribution is 5.72. The lowest BCUT2D eigenvalue weighted by molar-refractivity contribution is 0.589. The van der Waals surface area contributed by atoms with Gasteiger partial charge in [-0.2, -0.15) is 0 Å². The normalized spacial score (nSPS) is 22.5. The van der Waals surface area contributed by atoms with Crippen molar-refractivity contribution in [3.05, 3.63) is 46.2 Å². The minimum absolute atomic E-state index is 0.627. The van der Waals surface area contributed by atoms with Gasteiger partial charge in [-0.15, -0.1) is 0 Å². The van der Waals surface area contributed by atoms with E-state index in [0.29, 0.717) is 11.8 Å². The highest BCUT2D eigenvalue weighted by Crippen LogP contribution is 2.39. The summed E-state index contributed by atoms with van der Waals surface area (Å²) in [6.07, 6.45) is 10.5. The summed E-state index contributed by atoms with van der Waals surface area (Å²) in [7, 11) is 0. The molecule has 2 aliphatic carbocycles. The third kappa shape index (κ3) is 2.30. The molecule has 1 nitrogen and oxygen atoms in total. The molecule has 1 heteroatoms. The van der Waals surface area contributed by atoms with Crippen molar-refractivity contribution >= 4 is 12.2 Å². The fourth-order valence-corrected chi connectivity index (χ4v) is 3.51. The van der Waals surface area contributed by atoms with Crippen LogP contribution in [0, 0.1) is 12.8 Å². The Bertz CT molecular complexity index is 576. The Hall–Kier alpha value is -1.50. The third-order valence-electron chi connectivity index (χ3n) is 4.92. The zero-order chi connectivity index (χ0) is 14.3. The molecule has 1 atom stereocenters. The fraction of sp³-hybridized carbons (Fsp3) is 0.474. The number of hydrogen-bond donors (Lipinski definition) is 1. The standard InChI is InChI=1S/C19H25N/c1-4-15-16-7-5-6-12(2)17(16)10-13(3)18(15)11-19(20)14-8-9-14/h4,10-12,14H,1,5-9,20H2,2-3H3/b19-11-. The van der Waals surface area contributed by atoms with Gasteiger partial charge in [0, 0.05) is 5.70 Å². The molecule has 0 heterocycles. The molecule has 1 fully saturated rings. The second-order valence-electron chi connectivity index (χ2n) is 6.50. The topological polar surface area (TPSA) is 26.0 Å². The molecule has 1 saturated carbocycles. The molecule has 0 spiro atoms. The van der Waals surface area contributed by atoms with Crippen LogP contribution in [0.2, 0.25) is 0 Å². The van der Waals surface area contributed by atoms with Crippen LogP contribution in [0.1, 0.15) is 66.3 Å². The van der Waals surface area contributed by atoms with Crippen molar-refractivity contribution in [2.75, 3.05) is 0 Å². The number of hydrogen-bond acceptors (Lipinski definition) is 1. The van der Waals surface area contributed by atoms with E-state index < -0.39 is 0 Å². The van der Waals surface area contributed by atoms with E-state index in [1.54, 1.807) is 0 Å². The number of rotatable bonds is 3. The van der Waals surface area contributed by atoms with Gasteiger partial charge in [0.25, 0.3) is 0 Å². The smallest absolute Gasteiger partial charge is 0.0118 e. The molecule has 0 radical (unpaired) electrons. The Kier molecular flexibility index (Phi) is 3.45. The van der Waals surface area contributed by atoms with Gasteiger partial charge in [-0.05, 0) is 84.8 Å². The molecule has 1 aromatic carbocycles. The first kappa shape index (κ1) is 13.5. The van der Waals surface area contributed by atoms with Crippen molar-refractivity contribution in [2.24, 2.45) is 11.7 Å². The van der Waals surface area contributed by atoms with Crippen molar-refractivity contribution in [2.45, 2.75) is 51.9 Å². The lowest BCUT2D eigenvalue weighted by atomic mass is 9.78. The molecule has 20 heavy (non-hydrogen) atoms. The summed E-state index contributed by atoms with van der Waals surface area (Å²) in [5.74, 6) is 1.30. The van der Waals surface area contributed by atoms with Gasteiger partial charge >= 0.3 is 0 Å². The zero-order valence-electron chi connectivity index (χ0n) is 12.7. The van der Waals surface area contributed by atoms with Crippen LogP contribution in [0.4, 0.5) is 0 Å². The first-order valence-corrected chi connectivity index (χ1v) is 7.87. The molecule has 1 unspecified atom stereocenters. The predicted molar refractivity (Wildman–Crippen MR) is 87.5 cm³/mol. The Balaban J connectivity index is 2.14. The van der Waals surface area contributed by atoms with Crippen LogP contribution < -0.4 is 5.73 Å². The third-order valence-corrected chi connectivity index (χ3v) is 4.92. The molecule has 0 aromatic heterocycles. The first-order chi connectivity index (χ1) is 9.61. The van der Waals surface area contributed by atoms with Gasteiger partial charge in [-0.25, -0.2) is 0 Å². The van der Waals surface area contributed by atoms with Gasteiger partial charge in [0.2, 0.25) is 0 Å². The summed E-state index contributed by atoms with van der Waals surface area (Å²) in [6.45, 7) is 8.62. The molecular weight excluding hydrogens is 242 g/mol. The minimum Gasteiger partial charge on any atom is -0.402 e. The number of fused-ring (bicyclic) bond motifs is 1. The van der Waals surface area contributed by atoms with Crippen molar-refractivity contribution < 1.29 is 0 Å². The van der Waals surface area contributed by atoms with Crippen molar-refractivity contribution in [1.29, 1.82) is 0 Å². The monoisotopic (exact) mass is 267 g/mol. The van der Waals surface area contributed by atoms with Crippen LogP contribution >= 0.6 is 0 Å². The van der Waals surface area contributed by atoms with Crippen molar-refractivity contribution in [3.63, 3.8) is 0 Å². The maximum atomic E-state index is 6.23. The zero-order valence-corrected chi connectivity index (χ0v) is 12.7. The van der Waals surface area contributed by atoms with Gasteiger partial charge in [-0.1, -0.05) is 25.6 Å². The molecule has 106 valence electrons. The van der Waals surface area contributed by atoms with Gasteiger partial charge in [0.1, 0.15) is 0 Å². The Labute approximate surface area is 122 Å². The summed E-state index contributed by atoms with van der Waals surface area (Å²) in [5.41, 5.74) is 14.3. The van der Waals surface area contributed by atoms with Gasteiger partial charge < -0.3 is 5.73 Å².